The highest BCUT2D eigenvalue weighted by atomic mass is 32.2. The van der Waals surface area contributed by atoms with Gasteiger partial charge in [0.15, 0.2) is 15.9 Å². The fourth-order valence-electron chi connectivity index (χ4n) is 3.51. The number of benzene rings is 2. The molecule has 0 bridgehead atoms. The first-order valence-electron chi connectivity index (χ1n) is 8.77. The summed E-state index contributed by atoms with van der Waals surface area (Å²) in [6, 6.07) is 14.0. The molecule has 6 heteroatoms. The van der Waals surface area contributed by atoms with E-state index in [1.165, 1.54) is 17.7 Å². The number of rotatable bonds is 6. The first-order valence-corrected chi connectivity index (χ1v) is 10.3. The van der Waals surface area contributed by atoms with Crippen molar-refractivity contribution in [2.24, 2.45) is 0 Å². The molecule has 4 rings (SSSR count). The quantitative estimate of drug-likeness (QED) is 0.840. The Labute approximate surface area is 152 Å². The minimum Gasteiger partial charge on any atom is -0.479 e. The number of aliphatic carboxylic acids is 1. The Balaban J connectivity index is 1.57. The smallest absolute Gasteiger partial charge is 0.337 e. The van der Waals surface area contributed by atoms with Crippen LogP contribution in [0.3, 0.4) is 0 Å². The number of carboxylic acid groups (broad SMARTS) is 1. The zero-order valence-corrected chi connectivity index (χ0v) is 15.0. The number of fused-ring (bicyclic) bond motifs is 1. The van der Waals surface area contributed by atoms with Crippen molar-refractivity contribution in [3.05, 3.63) is 65.2 Å². The lowest BCUT2D eigenvalue weighted by atomic mass is 10.1. The van der Waals surface area contributed by atoms with Crippen LogP contribution in [-0.2, 0) is 25.8 Å². The van der Waals surface area contributed by atoms with Gasteiger partial charge in [-0.2, -0.15) is 0 Å². The third-order valence-corrected chi connectivity index (χ3v) is 7.36. The number of hydrogen-bond acceptors (Lipinski definition) is 4. The summed E-state index contributed by atoms with van der Waals surface area (Å²) in [7, 11) is -3.28. The second kappa shape index (κ2) is 6.52. The van der Waals surface area contributed by atoms with E-state index in [4.69, 9.17) is 4.74 Å². The predicted molar refractivity (Wildman–Crippen MR) is 95.6 cm³/mol. The van der Waals surface area contributed by atoms with Crippen LogP contribution in [0.1, 0.15) is 48.2 Å². The normalized spacial score (nSPS) is 20.5. The van der Waals surface area contributed by atoms with Gasteiger partial charge in [0.1, 0.15) is 0 Å². The molecule has 0 radical (unpaired) electrons. The third-order valence-electron chi connectivity index (χ3n) is 5.08. The second-order valence-electron chi connectivity index (χ2n) is 6.89. The molecule has 2 atom stereocenters. The molecule has 1 N–H and O–H groups in total. The van der Waals surface area contributed by atoms with E-state index >= 15 is 0 Å². The standard InChI is InChI=1S/C20H20O5S/c21-20(22)19(25-18-12-7-13-3-1-2-4-17(13)18)14-5-8-15(9-6-14)26(23,24)16-10-11-16/h1-6,8-9,16,18-19H,7,10-12H2,(H,21,22). The van der Waals surface area contributed by atoms with Gasteiger partial charge >= 0.3 is 5.97 Å². The Morgan fingerprint density at radius 2 is 1.73 bits per heavy atom. The highest BCUT2D eigenvalue weighted by molar-refractivity contribution is 7.92. The van der Waals surface area contributed by atoms with Crippen molar-refractivity contribution in [3.8, 4) is 0 Å². The average Bonchev–Trinajstić information content (AvgIpc) is 3.42. The molecule has 136 valence electrons. The molecule has 2 aromatic rings. The molecule has 1 saturated carbocycles. The SMILES string of the molecule is O=C(O)C(OC1CCc2ccccc21)c1ccc(S(=O)(=O)C2CC2)cc1. The molecular formula is C20H20O5S. The molecule has 2 aliphatic rings. The monoisotopic (exact) mass is 372 g/mol. The lowest BCUT2D eigenvalue weighted by molar-refractivity contribution is -0.155. The molecule has 26 heavy (non-hydrogen) atoms. The first kappa shape index (κ1) is 17.2. The highest BCUT2D eigenvalue weighted by Crippen LogP contribution is 2.38. The zero-order valence-electron chi connectivity index (χ0n) is 14.2. The summed E-state index contributed by atoms with van der Waals surface area (Å²) in [4.78, 5) is 12.0. The molecule has 0 heterocycles. The zero-order chi connectivity index (χ0) is 18.3. The summed E-state index contributed by atoms with van der Waals surface area (Å²) in [5, 5.41) is 9.34. The van der Waals surface area contributed by atoms with Crippen LogP contribution in [0.15, 0.2) is 53.4 Å². The van der Waals surface area contributed by atoms with E-state index in [1.54, 1.807) is 12.1 Å². The minimum absolute atomic E-state index is 0.249. The maximum absolute atomic E-state index is 12.3. The summed E-state index contributed by atoms with van der Waals surface area (Å²) in [6.07, 6.45) is 1.63. The van der Waals surface area contributed by atoms with E-state index in [0.717, 1.165) is 18.4 Å². The Hall–Kier alpha value is -2.18. The van der Waals surface area contributed by atoms with E-state index in [9.17, 15) is 18.3 Å². The molecular weight excluding hydrogens is 352 g/mol. The summed E-state index contributed by atoms with van der Waals surface area (Å²) in [5.74, 6) is -1.08. The van der Waals surface area contributed by atoms with Gasteiger partial charge in [-0.1, -0.05) is 36.4 Å². The van der Waals surface area contributed by atoms with Crippen molar-refractivity contribution >= 4 is 15.8 Å². The number of carboxylic acids is 1. The van der Waals surface area contributed by atoms with Gasteiger partial charge in [-0.05, 0) is 54.5 Å². The molecule has 0 amide bonds. The Morgan fingerprint density at radius 1 is 1.04 bits per heavy atom. The predicted octanol–water partition coefficient (Wildman–Crippen LogP) is 3.45. The Bertz CT molecular complexity index is 929. The number of hydrogen-bond donors (Lipinski definition) is 1. The number of sulfone groups is 1. The maximum Gasteiger partial charge on any atom is 0.337 e. The summed E-state index contributed by atoms with van der Waals surface area (Å²) in [5.41, 5.74) is 2.68. The number of ether oxygens (including phenoxy) is 1. The van der Waals surface area contributed by atoms with Gasteiger partial charge in [0.25, 0.3) is 0 Å². The van der Waals surface area contributed by atoms with Gasteiger partial charge in [0, 0.05) is 0 Å². The molecule has 2 aliphatic carbocycles. The summed E-state index contributed by atoms with van der Waals surface area (Å²) >= 11 is 0. The Kier molecular flexibility index (Phi) is 4.32. The molecule has 2 aromatic carbocycles. The number of carbonyl (C=O) groups is 1. The van der Waals surface area contributed by atoms with E-state index < -0.39 is 21.9 Å². The van der Waals surface area contributed by atoms with Crippen molar-refractivity contribution in [2.75, 3.05) is 0 Å². The van der Waals surface area contributed by atoms with Crippen molar-refractivity contribution < 1.29 is 23.1 Å². The van der Waals surface area contributed by atoms with Gasteiger partial charge in [-0.3, -0.25) is 0 Å². The van der Waals surface area contributed by atoms with E-state index in [2.05, 4.69) is 0 Å². The van der Waals surface area contributed by atoms with Crippen LogP contribution in [0, 0.1) is 0 Å². The molecule has 2 unspecified atom stereocenters. The van der Waals surface area contributed by atoms with Crippen LogP contribution in [0.5, 0.6) is 0 Å². The fraction of sp³-hybridized carbons (Fsp3) is 0.350. The van der Waals surface area contributed by atoms with Crippen molar-refractivity contribution in [2.45, 2.75) is 48.0 Å². The van der Waals surface area contributed by atoms with Crippen LogP contribution in [0.2, 0.25) is 0 Å². The number of aryl methyl sites for hydroxylation is 1. The van der Waals surface area contributed by atoms with E-state index in [1.807, 2.05) is 24.3 Å². The second-order valence-corrected chi connectivity index (χ2v) is 9.12. The van der Waals surface area contributed by atoms with Crippen LogP contribution < -0.4 is 0 Å². The molecule has 0 aromatic heterocycles. The van der Waals surface area contributed by atoms with Crippen molar-refractivity contribution in [3.63, 3.8) is 0 Å². The maximum atomic E-state index is 12.3. The topological polar surface area (TPSA) is 80.7 Å². The highest BCUT2D eigenvalue weighted by Gasteiger charge is 2.37. The van der Waals surface area contributed by atoms with Gasteiger partial charge in [-0.25, -0.2) is 13.2 Å². The van der Waals surface area contributed by atoms with Gasteiger partial charge < -0.3 is 9.84 Å². The molecule has 0 saturated heterocycles. The molecule has 0 spiro atoms. The lowest BCUT2D eigenvalue weighted by Gasteiger charge is -2.20. The Morgan fingerprint density at radius 3 is 2.38 bits per heavy atom. The average molecular weight is 372 g/mol. The third kappa shape index (κ3) is 3.15. The van der Waals surface area contributed by atoms with Crippen LogP contribution in [0.25, 0.3) is 0 Å². The van der Waals surface area contributed by atoms with Gasteiger partial charge in [0.05, 0.1) is 16.2 Å². The molecule has 0 aliphatic heterocycles. The van der Waals surface area contributed by atoms with Crippen LogP contribution >= 0.6 is 0 Å². The van der Waals surface area contributed by atoms with Gasteiger partial charge in [-0.15, -0.1) is 0 Å². The summed E-state index contributed by atoms with van der Waals surface area (Å²) in [6.45, 7) is 0. The largest absolute Gasteiger partial charge is 0.479 e. The van der Waals surface area contributed by atoms with Crippen molar-refractivity contribution in [1.82, 2.24) is 0 Å². The van der Waals surface area contributed by atoms with E-state index in [0.29, 0.717) is 18.4 Å². The van der Waals surface area contributed by atoms with Gasteiger partial charge in [0.2, 0.25) is 0 Å². The lowest BCUT2D eigenvalue weighted by Crippen LogP contribution is -2.18. The van der Waals surface area contributed by atoms with Crippen LogP contribution in [-0.4, -0.2) is 24.7 Å². The van der Waals surface area contributed by atoms with E-state index in [-0.39, 0.29) is 16.2 Å². The molecule has 5 nitrogen and oxygen atoms in total. The first-order chi connectivity index (χ1) is 12.5. The summed E-state index contributed by atoms with van der Waals surface area (Å²) < 4.78 is 30.5. The van der Waals surface area contributed by atoms with Crippen LogP contribution in [0.4, 0.5) is 0 Å². The van der Waals surface area contributed by atoms with Crippen molar-refractivity contribution in [1.29, 1.82) is 0 Å². The fourth-order valence-corrected chi connectivity index (χ4v) is 5.16. The molecule has 1 fully saturated rings. The minimum atomic E-state index is -3.28.